The number of thioether (sulfide) groups is 1. The molecule has 4 nitrogen and oxygen atoms in total. The Morgan fingerprint density at radius 2 is 1.52 bits per heavy atom. The van der Waals surface area contributed by atoms with Gasteiger partial charge in [0.1, 0.15) is 0 Å². The topological polar surface area (TPSA) is 53.2 Å². The first kappa shape index (κ1) is 21.5. The van der Waals surface area contributed by atoms with E-state index in [-0.39, 0.29) is 11.7 Å². The number of benzene rings is 3. The van der Waals surface area contributed by atoms with E-state index < -0.39 is 0 Å². The summed E-state index contributed by atoms with van der Waals surface area (Å²) in [4.78, 5) is 13.1. The molecule has 0 aliphatic carbocycles. The molecule has 0 saturated heterocycles. The van der Waals surface area contributed by atoms with Crippen molar-refractivity contribution in [3.05, 3.63) is 82.8 Å². The number of rotatable bonds is 6. The van der Waals surface area contributed by atoms with Crippen molar-refractivity contribution in [2.24, 2.45) is 0 Å². The van der Waals surface area contributed by atoms with Crippen LogP contribution >= 0.6 is 47.2 Å². The molecule has 29 heavy (non-hydrogen) atoms. The van der Waals surface area contributed by atoms with Crippen LogP contribution in [0.1, 0.15) is 0 Å². The molecule has 0 aromatic heterocycles. The van der Waals surface area contributed by atoms with E-state index in [0.29, 0.717) is 20.8 Å². The van der Waals surface area contributed by atoms with Crippen LogP contribution < -0.4 is 16.0 Å². The van der Waals surface area contributed by atoms with Gasteiger partial charge in [-0.15, -0.1) is 11.8 Å². The van der Waals surface area contributed by atoms with E-state index >= 15 is 0 Å². The van der Waals surface area contributed by atoms with Gasteiger partial charge in [0.15, 0.2) is 5.11 Å². The summed E-state index contributed by atoms with van der Waals surface area (Å²) in [6.07, 6.45) is 0. The molecule has 1 amide bonds. The van der Waals surface area contributed by atoms with E-state index in [1.165, 1.54) is 11.8 Å². The van der Waals surface area contributed by atoms with Crippen molar-refractivity contribution in [1.29, 1.82) is 0 Å². The number of nitrogens with one attached hydrogen (secondary N) is 3. The minimum atomic E-state index is -0.144. The molecule has 148 valence electrons. The molecule has 3 rings (SSSR count). The maximum Gasteiger partial charge on any atom is 0.234 e. The zero-order valence-electron chi connectivity index (χ0n) is 15.1. The van der Waals surface area contributed by atoms with Crippen LogP contribution in [0.15, 0.2) is 77.7 Å². The number of halogens is 2. The fraction of sp³-hybridized carbons (Fsp3) is 0.0476. The number of thiocarbonyl (C=S) groups is 1. The summed E-state index contributed by atoms with van der Waals surface area (Å²) < 4.78 is 0. The molecule has 0 atom stereocenters. The highest BCUT2D eigenvalue weighted by molar-refractivity contribution is 8.00. The Kier molecular flexibility index (Phi) is 7.77. The van der Waals surface area contributed by atoms with E-state index in [1.807, 2.05) is 54.6 Å². The average molecular weight is 462 g/mol. The second kappa shape index (κ2) is 10.5. The van der Waals surface area contributed by atoms with Gasteiger partial charge >= 0.3 is 0 Å². The highest BCUT2D eigenvalue weighted by Gasteiger charge is 2.07. The zero-order chi connectivity index (χ0) is 20.6. The van der Waals surface area contributed by atoms with Crippen molar-refractivity contribution in [3.63, 3.8) is 0 Å². The van der Waals surface area contributed by atoms with E-state index in [1.54, 1.807) is 18.2 Å². The first-order chi connectivity index (χ1) is 14.0. The average Bonchev–Trinajstić information content (AvgIpc) is 2.70. The standard InChI is InChI=1S/C21H17Cl2N3OS2/c22-14-6-11-19(18(23)12-14)26-20(27)13-29-17-9-7-16(8-10-17)25-21(28)24-15-4-2-1-3-5-15/h1-12H,13H2,(H,26,27)(H2,24,25,28). The van der Waals surface area contributed by atoms with Gasteiger partial charge in [-0.25, -0.2) is 0 Å². The zero-order valence-corrected chi connectivity index (χ0v) is 18.3. The smallest absolute Gasteiger partial charge is 0.234 e. The van der Waals surface area contributed by atoms with Crippen molar-refractivity contribution in [3.8, 4) is 0 Å². The van der Waals surface area contributed by atoms with Crippen LogP contribution in [0.25, 0.3) is 0 Å². The van der Waals surface area contributed by atoms with Crippen molar-refractivity contribution in [2.45, 2.75) is 4.90 Å². The third-order valence-corrected chi connectivity index (χ3v) is 5.48. The Bertz CT molecular complexity index is 999. The maximum atomic E-state index is 12.1. The molecule has 0 saturated carbocycles. The van der Waals surface area contributed by atoms with Gasteiger partial charge in [0.05, 0.1) is 16.5 Å². The maximum absolute atomic E-state index is 12.1. The third-order valence-electron chi connectivity index (χ3n) is 3.72. The van der Waals surface area contributed by atoms with Crippen LogP contribution in [0.2, 0.25) is 10.0 Å². The Labute approximate surface area is 189 Å². The molecular formula is C21H17Cl2N3OS2. The number of para-hydroxylation sites is 1. The first-order valence-electron chi connectivity index (χ1n) is 8.60. The van der Waals surface area contributed by atoms with Gasteiger partial charge in [-0.2, -0.15) is 0 Å². The molecule has 0 bridgehead atoms. The van der Waals surface area contributed by atoms with Crippen LogP contribution in [-0.4, -0.2) is 16.8 Å². The third kappa shape index (κ3) is 6.94. The molecule has 8 heteroatoms. The summed E-state index contributed by atoms with van der Waals surface area (Å²) in [6, 6.07) is 22.3. The van der Waals surface area contributed by atoms with Crippen LogP contribution in [0, 0.1) is 0 Å². The van der Waals surface area contributed by atoms with Crippen molar-refractivity contribution in [1.82, 2.24) is 0 Å². The summed E-state index contributed by atoms with van der Waals surface area (Å²) >= 11 is 18.7. The van der Waals surface area contributed by atoms with Gasteiger partial charge in [0.25, 0.3) is 0 Å². The first-order valence-corrected chi connectivity index (χ1v) is 10.8. The minimum absolute atomic E-state index is 0.144. The molecule has 0 spiro atoms. The second-order valence-corrected chi connectivity index (χ2v) is 8.23. The van der Waals surface area contributed by atoms with Crippen molar-refractivity contribution < 1.29 is 4.79 Å². The lowest BCUT2D eigenvalue weighted by molar-refractivity contribution is -0.113. The molecule has 0 fully saturated rings. The number of hydrogen-bond acceptors (Lipinski definition) is 3. The quantitative estimate of drug-likeness (QED) is 0.287. The Balaban J connectivity index is 1.47. The van der Waals surface area contributed by atoms with E-state index in [0.717, 1.165) is 16.3 Å². The second-order valence-electron chi connectivity index (χ2n) is 5.93. The number of anilines is 3. The van der Waals surface area contributed by atoms with Gasteiger partial charge in [-0.05, 0) is 66.8 Å². The number of hydrogen-bond donors (Lipinski definition) is 3. The van der Waals surface area contributed by atoms with E-state index in [9.17, 15) is 4.79 Å². The predicted molar refractivity (Wildman–Crippen MR) is 129 cm³/mol. The Hall–Kier alpha value is -2.25. The van der Waals surface area contributed by atoms with E-state index in [2.05, 4.69) is 16.0 Å². The fourth-order valence-corrected chi connectivity index (χ4v) is 3.77. The Morgan fingerprint density at radius 3 is 2.17 bits per heavy atom. The summed E-state index contributed by atoms with van der Waals surface area (Å²) in [5.41, 5.74) is 2.32. The lowest BCUT2D eigenvalue weighted by atomic mass is 10.3. The van der Waals surface area contributed by atoms with Gasteiger partial charge < -0.3 is 16.0 Å². The highest BCUT2D eigenvalue weighted by Crippen LogP contribution is 2.26. The molecule has 3 N–H and O–H groups in total. The van der Waals surface area contributed by atoms with Gasteiger partial charge in [0.2, 0.25) is 5.91 Å². The SMILES string of the molecule is O=C(CSc1ccc(NC(=S)Nc2ccccc2)cc1)Nc1ccc(Cl)cc1Cl. The normalized spacial score (nSPS) is 10.3. The molecule has 0 unspecified atom stereocenters. The van der Waals surface area contributed by atoms with Gasteiger partial charge in [-0.3, -0.25) is 4.79 Å². The van der Waals surface area contributed by atoms with Crippen molar-refractivity contribution >= 4 is 75.3 Å². The monoisotopic (exact) mass is 461 g/mol. The van der Waals surface area contributed by atoms with Crippen LogP contribution in [0.4, 0.5) is 17.1 Å². The molecule has 0 radical (unpaired) electrons. The lowest BCUT2D eigenvalue weighted by Gasteiger charge is -2.11. The molecule has 0 heterocycles. The molecular weight excluding hydrogens is 445 g/mol. The van der Waals surface area contributed by atoms with Gasteiger partial charge in [0, 0.05) is 21.3 Å². The van der Waals surface area contributed by atoms with Gasteiger partial charge in [-0.1, -0.05) is 41.4 Å². The molecule has 0 aliphatic heterocycles. The molecule has 3 aromatic carbocycles. The summed E-state index contributed by atoms with van der Waals surface area (Å²) in [5, 5.41) is 10.5. The lowest BCUT2D eigenvalue weighted by Crippen LogP contribution is -2.18. The largest absolute Gasteiger partial charge is 0.332 e. The summed E-state index contributed by atoms with van der Waals surface area (Å²) in [6.45, 7) is 0. The van der Waals surface area contributed by atoms with Crippen LogP contribution in [-0.2, 0) is 4.79 Å². The molecule has 0 aliphatic rings. The predicted octanol–water partition coefficient (Wildman–Crippen LogP) is 6.53. The van der Waals surface area contributed by atoms with E-state index in [4.69, 9.17) is 35.4 Å². The highest BCUT2D eigenvalue weighted by atomic mass is 35.5. The Morgan fingerprint density at radius 1 is 0.862 bits per heavy atom. The molecule has 3 aromatic rings. The van der Waals surface area contributed by atoms with Crippen molar-refractivity contribution in [2.75, 3.05) is 21.7 Å². The number of carbonyl (C=O) groups is 1. The number of carbonyl (C=O) groups excluding carboxylic acids is 1. The summed E-state index contributed by atoms with van der Waals surface area (Å²) in [5.74, 6) is 0.120. The summed E-state index contributed by atoms with van der Waals surface area (Å²) in [7, 11) is 0. The number of amides is 1. The minimum Gasteiger partial charge on any atom is -0.332 e. The van der Waals surface area contributed by atoms with Crippen LogP contribution in [0.5, 0.6) is 0 Å². The fourth-order valence-electron chi connectivity index (χ4n) is 2.38. The van der Waals surface area contributed by atoms with Crippen LogP contribution in [0.3, 0.4) is 0 Å².